The van der Waals surface area contributed by atoms with Crippen LogP contribution in [0, 0.1) is 6.92 Å². The quantitative estimate of drug-likeness (QED) is 0.811. The number of aryl methyl sites for hydroxylation is 2. The van der Waals surface area contributed by atoms with Gasteiger partial charge in [0.25, 0.3) is 0 Å². The highest BCUT2D eigenvalue weighted by Gasteiger charge is 2.12. The highest BCUT2D eigenvalue weighted by molar-refractivity contribution is 5.78. The number of rotatable bonds is 2. The number of nitrogens with zero attached hydrogens (tertiary/aromatic N) is 2. The van der Waals surface area contributed by atoms with Crippen LogP contribution in [0.2, 0.25) is 0 Å². The van der Waals surface area contributed by atoms with E-state index in [9.17, 15) is 9.59 Å². The van der Waals surface area contributed by atoms with E-state index >= 15 is 0 Å². The SMILES string of the molecule is Cc1ccc2c(c1)n(C)c(=O)n2CC(=O)O. The summed E-state index contributed by atoms with van der Waals surface area (Å²) in [4.78, 5) is 22.5. The summed E-state index contributed by atoms with van der Waals surface area (Å²) >= 11 is 0. The van der Waals surface area contributed by atoms with Crippen LogP contribution in [0.4, 0.5) is 0 Å². The van der Waals surface area contributed by atoms with Gasteiger partial charge in [-0.3, -0.25) is 13.9 Å². The third-order valence-corrected chi connectivity index (χ3v) is 2.59. The van der Waals surface area contributed by atoms with E-state index in [0.717, 1.165) is 11.1 Å². The van der Waals surface area contributed by atoms with Crippen LogP contribution in [0.5, 0.6) is 0 Å². The van der Waals surface area contributed by atoms with Crippen LogP contribution in [-0.2, 0) is 18.4 Å². The molecule has 0 spiro atoms. The van der Waals surface area contributed by atoms with Gasteiger partial charge in [0.15, 0.2) is 0 Å². The van der Waals surface area contributed by atoms with Gasteiger partial charge in [-0.1, -0.05) is 6.07 Å². The monoisotopic (exact) mass is 220 g/mol. The number of carboxylic acids is 1. The van der Waals surface area contributed by atoms with Crippen molar-refractivity contribution in [3.63, 3.8) is 0 Å². The Bertz CT molecular complexity index is 622. The molecule has 5 heteroatoms. The number of carbonyl (C=O) groups is 1. The molecule has 5 nitrogen and oxygen atoms in total. The van der Waals surface area contributed by atoms with Crippen molar-refractivity contribution in [1.29, 1.82) is 0 Å². The molecule has 1 aromatic carbocycles. The van der Waals surface area contributed by atoms with Crippen molar-refractivity contribution in [3.05, 3.63) is 34.2 Å². The maximum Gasteiger partial charge on any atom is 0.329 e. The minimum atomic E-state index is -1.02. The number of aromatic nitrogens is 2. The third kappa shape index (κ3) is 1.50. The molecule has 0 saturated heterocycles. The van der Waals surface area contributed by atoms with Gasteiger partial charge in [0.1, 0.15) is 6.54 Å². The van der Waals surface area contributed by atoms with Gasteiger partial charge in [0, 0.05) is 7.05 Å². The summed E-state index contributed by atoms with van der Waals surface area (Å²) in [5, 5.41) is 8.75. The molecule has 84 valence electrons. The molecular formula is C11H12N2O3. The Morgan fingerprint density at radius 1 is 1.38 bits per heavy atom. The van der Waals surface area contributed by atoms with Crippen molar-refractivity contribution >= 4 is 17.0 Å². The number of imidazole rings is 1. The molecule has 0 radical (unpaired) electrons. The lowest BCUT2D eigenvalue weighted by atomic mass is 10.2. The lowest BCUT2D eigenvalue weighted by molar-refractivity contribution is -0.137. The highest BCUT2D eigenvalue weighted by atomic mass is 16.4. The normalized spacial score (nSPS) is 10.9. The fourth-order valence-electron chi connectivity index (χ4n) is 1.81. The second kappa shape index (κ2) is 3.52. The Morgan fingerprint density at radius 3 is 2.69 bits per heavy atom. The molecule has 0 amide bonds. The predicted octanol–water partition coefficient (Wildman–Crippen LogP) is 0.733. The minimum Gasteiger partial charge on any atom is -0.480 e. The Kier molecular flexibility index (Phi) is 2.30. The van der Waals surface area contributed by atoms with Crippen molar-refractivity contribution < 1.29 is 9.90 Å². The van der Waals surface area contributed by atoms with Crippen LogP contribution >= 0.6 is 0 Å². The lowest BCUT2D eigenvalue weighted by Gasteiger charge is -1.98. The summed E-state index contributed by atoms with van der Waals surface area (Å²) in [6, 6.07) is 5.50. The first-order chi connectivity index (χ1) is 7.50. The molecule has 0 aliphatic heterocycles. The zero-order chi connectivity index (χ0) is 11.9. The molecule has 0 bridgehead atoms. The molecule has 0 aliphatic carbocycles. The van der Waals surface area contributed by atoms with Gasteiger partial charge < -0.3 is 5.11 Å². The van der Waals surface area contributed by atoms with Crippen LogP contribution in [-0.4, -0.2) is 20.2 Å². The van der Waals surface area contributed by atoms with E-state index in [2.05, 4.69) is 0 Å². The molecule has 1 aromatic heterocycles. The summed E-state index contributed by atoms with van der Waals surface area (Å²) < 4.78 is 2.72. The second-order valence-electron chi connectivity index (χ2n) is 3.81. The molecule has 2 rings (SSSR count). The van der Waals surface area contributed by atoms with Crippen molar-refractivity contribution in [3.8, 4) is 0 Å². The number of fused-ring (bicyclic) bond motifs is 1. The molecular weight excluding hydrogens is 208 g/mol. The van der Waals surface area contributed by atoms with E-state index in [1.807, 2.05) is 19.1 Å². The average molecular weight is 220 g/mol. The summed E-state index contributed by atoms with van der Waals surface area (Å²) in [6.45, 7) is 1.62. The van der Waals surface area contributed by atoms with Gasteiger partial charge in [-0.05, 0) is 24.6 Å². The Labute approximate surface area is 91.5 Å². The number of benzene rings is 1. The van der Waals surface area contributed by atoms with Crippen molar-refractivity contribution in [2.75, 3.05) is 0 Å². The molecule has 0 unspecified atom stereocenters. The molecule has 0 aliphatic rings. The van der Waals surface area contributed by atoms with Crippen LogP contribution in [0.1, 0.15) is 5.56 Å². The van der Waals surface area contributed by atoms with E-state index in [0.29, 0.717) is 5.52 Å². The first kappa shape index (κ1) is 10.5. The van der Waals surface area contributed by atoms with Crippen LogP contribution in [0.3, 0.4) is 0 Å². The molecule has 0 atom stereocenters. The van der Waals surface area contributed by atoms with E-state index in [-0.39, 0.29) is 12.2 Å². The van der Waals surface area contributed by atoms with Gasteiger partial charge in [-0.2, -0.15) is 0 Å². The summed E-state index contributed by atoms with van der Waals surface area (Å²) in [6.07, 6.45) is 0. The maximum absolute atomic E-state index is 11.8. The first-order valence-corrected chi connectivity index (χ1v) is 4.88. The second-order valence-corrected chi connectivity index (χ2v) is 3.81. The zero-order valence-electron chi connectivity index (χ0n) is 9.10. The van der Waals surface area contributed by atoms with Gasteiger partial charge >= 0.3 is 11.7 Å². The van der Waals surface area contributed by atoms with Gasteiger partial charge in [-0.25, -0.2) is 4.79 Å². The third-order valence-electron chi connectivity index (χ3n) is 2.59. The molecule has 16 heavy (non-hydrogen) atoms. The standard InChI is InChI=1S/C11H12N2O3/c1-7-3-4-8-9(5-7)12(2)11(16)13(8)6-10(14)15/h3-5H,6H2,1-2H3,(H,14,15). The van der Waals surface area contributed by atoms with Gasteiger partial charge in [-0.15, -0.1) is 0 Å². The molecule has 2 aromatic rings. The van der Waals surface area contributed by atoms with Crippen LogP contribution in [0.25, 0.3) is 11.0 Å². The van der Waals surface area contributed by atoms with E-state index in [1.54, 1.807) is 13.1 Å². The van der Waals surface area contributed by atoms with Gasteiger partial charge in [0.2, 0.25) is 0 Å². The largest absolute Gasteiger partial charge is 0.480 e. The fraction of sp³-hybridized carbons (Fsp3) is 0.273. The van der Waals surface area contributed by atoms with Crippen molar-refractivity contribution in [2.45, 2.75) is 13.5 Å². The number of carboxylic acid groups (broad SMARTS) is 1. The zero-order valence-corrected chi connectivity index (χ0v) is 9.10. The number of aliphatic carboxylic acids is 1. The van der Waals surface area contributed by atoms with E-state index < -0.39 is 5.97 Å². The molecule has 1 heterocycles. The van der Waals surface area contributed by atoms with Crippen LogP contribution in [0.15, 0.2) is 23.0 Å². The predicted molar refractivity (Wildman–Crippen MR) is 59.6 cm³/mol. The molecule has 1 N–H and O–H groups in total. The topological polar surface area (TPSA) is 64.2 Å². The molecule has 0 fully saturated rings. The summed E-state index contributed by atoms with van der Waals surface area (Å²) in [7, 11) is 1.64. The Hall–Kier alpha value is -2.04. The Morgan fingerprint density at radius 2 is 2.06 bits per heavy atom. The van der Waals surface area contributed by atoms with E-state index in [1.165, 1.54) is 9.13 Å². The van der Waals surface area contributed by atoms with E-state index in [4.69, 9.17) is 5.11 Å². The Balaban J connectivity index is 2.79. The highest BCUT2D eigenvalue weighted by Crippen LogP contribution is 2.13. The minimum absolute atomic E-state index is 0.303. The van der Waals surface area contributed by atoms with Gasteiger partial charge in [0.05, 0.1) is 11.0 Å². The molecule has 0 saturated carbocycles. The smallest absolute Gasteiger partial charge is 0.329 e. The lowest BCUT2D eigenvalue weighted by Crippen LogP contribution is -2.25. The fourth-order valence-corrected chi connectivity index (χ4v) is 1.81. The number of hydrogen-bond donors (Lipinski definition) is 1. The summed E-state index contributed by atoms with van der Waals surface area (Å²) in [5.74, 6) is -1.02. The van der Waals surface area contributed by atoms with Crippen molar-refractivity contribution in [2.24, 2.45) is 7.05 Å². The first-order valence-electron chi connectivity index (χ1n) is 4.88. The maximum atomic E-state index is 11.8. The summed E-state index contributed by atoms with van der Waals surface area (Å²) in [5.41, 5.74) is 2.14. The number of hydrogen-bond acceptors (Lipinski definition) is 2. The van der Waals surface area contributed by atoms with Crippen molar-refractivity contribution in [1.82, 2.24) is 9.13 Å². The van der Waals surface area contributed by atoms with Crippen LogP contribution < -0.4 is 5.69 Å². The average Bonchev–Trinajstić information content (AvgIpc) is 2.43.